The molecule has 21 heavy (non-hydrogen) atoms. The number of phenols is 1. The third-order valence-electron chi connectivity index (χ3n) is 3.12. The van der Waals surface area contributed by atoms with E-state index >= 15 is 0 Å². The molecule has 110 valence electrons. The number of nitrogens with zero attached hydrogens (tertiary/aromatic N) is 1. The number of amides is 1. The molecule has 0 atom stereocenters. The van der Waals surface area contributed by atoms with Crippen LogP contribution in [0, 0.1) is 11.6 Å². The fourth-order valence-electron chi connectivity index (χ4n) is 2.09. The largest absolute Gasteiger partial charge is 0.508 e. The number of aromatic hydroxyl groups is 1. The van der Waals surface area contributed by atoms with Crippen LogP contribution in [-0.2, 0) is 11.2 Å². The molecule has 5 heteroatoms. The van der Waals surface area contributed by atoms with E-state index in [-0.39, 0.29) is 23.6 Å². The number of halogens is 2. The second-order valence-electron chi connectivity index (χ2n) is 4.57. The van der Waals surface area contributed by atoms with Crippen LogP contribution in [0.25, 0.3) is 0 Å². The van der Waals surface area contributed by atoms with Gasteiger partial charge in [0.25, 0.3) is 0 Å². The van der Waals surface area contributed by atoms with E-state index in [2.05, 4.69) is 0 Å². The van der Waals surface area contributed by atoms with Gasteiger partial charge >= 0.3 is 0 Å². The van der Waals surface area contributed by atoms with Gasteiger partial charge < -0.3 is 10.0 Å². The number of likely N-dealkylation sites (N-methyl/N-ethyl adjacent to an activating group) is 1. The van der Waals surface area contributed by atoms with Crippen molar-refractivity contribution in [3.63, 3.8) is 0 Å². The van der Waals surface area contributed by atoms with Gasteiger partial charge in [0.05, 0.1) is 6.42 Å². The van der Waals surface area contributed by atoms with Gasteiger partial charge in [-0.25, -0.2) is 8.78 Å². The maximum Gasteiger partial charge on any atom is 0.231 e. The number of hydrogen-bond donors (Lipinski definition) is 1. The summed E-state index contributed by atoms with van der Waals surface area (Å²) in [7, 11) is 0. The summed E-state index contributed by atoms with van der Waals surface area (Å²) in [5, 5.41) is 9.46. The predicted molar refractivity (Wildman–Crippen MR) is 76.2 cm³/mol. The molecule has 0 aromatic heterocycles. The van der Waals surface area contributed by atoms with Gasteiger partial charge in [-0.15, -0.1) is 0 Å². The first-order valence-corrected chi connectivity index (χ1v) is 6.54. The van der Waals surface area contributed by atoms with Gasteiger partial charge in [-0.3, -0.25) is 4.79 Å². The Morgan fingerprint density at radius 3 is 2.57 bits per heavy atom. The summed E-state index contributed by atoms with van der Waals surface area (Å²) in [6.07, 6.45) is -0.171. The van der Waals surface area contributed by atoms with E-state index in [1.165, 1.54) is 23.1 Å². The monoisotopic (exact) mass is 291 g/mol. The van der Waals surface area contributed by atoms with Crippen LogP contribution < -0.4 is 4.90 Å². The lowest BCUT2D eigenvalue weighted by atomic mass is 10.1. The van der Waals surface area contributed by atoms with Crippen molar-refractivity contribution in [3.05, 3.63) is 59.7 Å². The van der Waals surface area contributed by atoms with Crippen LogP contribution in [0.5, 0.6) is 5.75 Å². The zero-order valence-corrected chi connectivity index (χ0v) is 11.5. The van der Waals surface area contributed by atoms with Crippen molar-refractivity contribution in [1.29, 1.82) is 0 Å². The Balaban J connectivity index is 2.21. The molecule has 0 aliphatic heterocycles. The Hall–Kier alpha value is -2.43. The molecular weight excluding hydrogens is 276 g/mol. The molecule has 1 N–H and O–H groups in total. The topological polar surface area (TPSA) is 40.5 Å². The van der Waals surface area contributed by atoms with Crippen molar-refractivity contribution in [3.8, 4) is 5.75 Å². The summed E-state index contributed by atoms with van der Waals surface area (Å²) in [4.78, 5) is 13.7. The lowest BCUT2D eigenvalue weighted by molar-refractivity contribution is -0.118. The normalized spacial score (nSPS) is 10.4. The summed E-state index contributed by atoms with van der Waals surface area (Å²) in [6.45, 7) is 2.16. The first-order chi connectivity index (χ1) is 10.0. The van der Waals surface area contributed by atoms with Crippen molar-refractivity contribution in [2.45, 2.75) is 13.3 Å². The van der Waals surface area contributed by atoms with E-state index in [1.54, 1.807) is 19.1 Å². The zero-order valence-electron chi connectivity index (χ0n) is 11.5. The summed E-state index contributed by atoms with van der Waals surface area (Å²) in [5.74, 6) is -1.69. The lowest BCUT2D eigenvalue weighted by Crippen LogP contribution is -2.32. The minimum absolute atomic E-state index is 0.0479. The highest BCUT2D eigenvalue weighted by atomic mass is 19.1. The second kappa shape index (κ2) is 6.35. The van der Waals surface area contributed by atoms with Gasteiger partial charge in [-0.05, 0) is 30.7 Å². The van der Waals surface area contributed by atoms with E-state index in [0.717, 1.165) is 12.1 Å². The molecular formula is C16H15F2NO2. The first-order valence-electron chi connectivity index (χ1n) is 6.54. The molecule has 0 saturated heterocycles. The number of carbonyl (C=O) groups is 1. The molecule has 0 radical (unpaired) electrons. The highest BCUT2D eigenvalue weighted by Gasteiger charge is 2.17. The van der Waals surface area contributed by atoms with Crippen LogP contribution >= 0.6 is 0 Å². The average Bonchev–Trinajstić information content (AvgIpc) is 2.43. The SMILES string of the molecule is CCN(C(=O)Cc1ccc(F)cc1F)c1cccc(O)c1. The van der Waals surface area contributed by atoms with Crippen LogP contribution in [-0.4, -0.2) is 17.6 Å². The standard InChI is InChI=1S/C16H15F2NO2/c1-2-19(13-4-3-5-14(20)10-13)16(21)8-11-6-7-12(17)9-15(11)18/h3-7,9-10,20H,2,8H2,1H3. The van der Waals surface area contributed by atoms with Crippen molar-refractivity contribution >= 4 is 11.6 Å². The van der Waals surface area contributed by atoms with Crippen molar-refractivity contribution in [2.75, 3.05) is 11.4 Å². The van der Waals surface area contributed by atoms with Crippen LogP contribution in [0.2, 0.25) is 0 Å². The molecule has 0 heterocycles. The average molecular weight is 291 g/mol. The molecule has 0 unspecified atom stereocenters. The zero-order chi connectivity index (χ0) is 15.4. The number of benzene rings is 2. The first kappa shape index (κ1) is 15.0. The fraction of sp³-hybridized carbons (Fsp3) is 0.188. The Morgan fingerprint density at radius 1 is 1.19 bits per heavy atom. The quantitative estimate of drug-likeness (QED) is 0.939. The Kier molecular flexibility index (Phi) is 4.52. The summed E-state index contributed by atoms with van der Waals surface area (Å²) >= 11 is 0. The maximum absolute atomic E-state index is 13.6. The fourth-order valence-corrected chi connectivity index (χ4v) is 2.09. The van der Waals surface area contributed by atoms with Crippen LogP contribution in [0.15, 0.2) is 42.5 Å². The highest BCUT2D eigenvalue weighted by molar-refractivity contribution is 5.94. The van der Waals surface area contributed by atoms with E-state index < -0.39 is 11.6 Å². The van der Waals surface area contributed by atoms with E-state index in [0.29, 0.717) is 12.2 Å². The predicted octanol–water partition coefficient (Wildman–Crippen LogP) is 3.27. The number of phenolic OH excluding ortho intramolecular Hbond substituents is 1. The molecule has 0 saturated carbocycles. The van der Waals surface area contributed by atoms with Crippen LogP contribution in [0.3, 0.4) is 0 Å². The van der Waals surface area contributed by atoms with Gasteiger partial charge in [0.1, 0.15) is 17.4 Å². The third kappa shape index (κ3) is 3.56. The molecule has 0 fully saturated rings. The van der Waals surface area contributed by atoms with E-state index in [4.69, 9.17) is 0 Å². The molecule has 0 bridgehead atoms. The summed E-state index contributed by atoms with van der Waals surface area (Å²) in [6, 6.07) is 9.41. The molecule has 2 aromatic carbocycles. The van der Waals surface area contributed by atoms with Gasteiger partial charge in [-0.2, -0.15) is 0 Å². The highest BCUT2D eigenvalue weighted by Crippen LogP contribution is 2.21. The van der Waals surface area contributed by atoms with E-state index in [9.17, 15) is 18.7 Å². The van der Waals surface area contributed by atoms with Gasteiger partial charge in [0.2, 0.25) is 5.91 Å². The molecule has 2 rings (SSSR count). The number of anilines is 1. The van der Waals surface area contributed by atoms with Gasteiger partial charge in [0.15, 0.2) is 0 Å². The minimum Gasteiger partial charge on any atom is -0.508 e. The second-order valence-corrected chi connectivity index (χ2v) is 4.57. The third-order valence-corrected chi connectivity index (χ3v) is 3.12. The molecule has 1 amide bonds. The van der Waals surface area contributed by atoms with Gasteiger partial charge in [-0.1, -0.05) is 12.1 Å². The summed E-state index contributed by atoms with van der Waals surface area (Å²) in [5.41, 5.74) is 0.671. The minimum atomic E-state index is -0.740. The lowest BCUT2D eigenvalue weighted by Gasteiger charge is -2.21. The molecule has 0 aliphatic rings. The van der Waals surface area contributed by atoms with Crippen LogP contribution in [0.4, 0.5) is 14.5 Å². The summed E-state index contributed by atoms with van der Waals surface area (Å²) < 4.78 is 26.4. The number of carbonyl (C=O) groups excluding carboxylic acids is 1. The maximum atomic E-state index is 13.6. The molecule has 3 nitrogen and oxygen atoms in total. The Bertz CT molecular complexity index is 658. The Morgan fingerprint density at radius 2 is 1.95 bits per heavy atom. The molecule has 2 aromatic rings. The molecule has 0 spiro atoms. The molecule has 0 aliphatic carbocycles. The van der Waals surface area contributed by atoms with Crippen LogP contribution in [0.1, 0.15) is 12.5 Å². The van der Waals surface area contributed by atoms with Crippen molar-refractivity contribution in [2.24, 2.45) is 0 Å². The number of hydrogen-bond acceptors (Lipinski definition) is 2. The van der Waals surface area contributed by atoms with Crippen molar-refractivity contribution in [1.82, 2.24) is 0 Å². The number of rotatable bonds is 4. The van der Waals surface area contributed by atoms with E-state index in [1.807, 2.05) is 0 Å². The smallest absolute Gasteiger partial charge is 0.231 e. The Labute approximate surface area is 121 Å². The van der Waals surface area contributed by atoms with Crippen molar-refractivity contribution < 1.29 is 18.7 Å². The van der Waals surface area contributed by atoms with Gasteiger partial charge in [0, 0.05) is 24.4 Å².